The van der Waals surface area contributed by atoms with Gasteiger partial charge in [-0.1, -0.05) is 12.8 Å². The van der Waals surface area contributed by atoms with E-state index in [1.165, 1.54) is 14.2 Å². The van der Waals surface area contributed by atoms with Gasteiger partial charge in [-0.3, -0.25) is 4.79 Å². The number of fused-ring (bicyclic) bond motifs is 6. The topological polar surface area (TPSA) is 54.0 Å². The predicted molar refractivity (Wildman–Crippen MR) is 88.5 cm³/mol. The largest absolute Gasteiger partial charge is 0.379 e. The molecule has 4 fully saturated rings. The Bertz CT molecular complexity index is 567. The lowest BCUT2D eigenvalue weighted by Gasteiger charge is -2.48. The molecule has 6 atom stereocenters. The van der Waals surface area contributed by atoms with Crippen LogP contribution in [-0.2, 0) is 23.7 Å². The van der Waals surface area contributed by atoms with Crippen LogP contribution in [-0.4, -0.2) is 61.0 Å². The summed E-state index contributed by atoms with van der Waals surface area (Å²) < 4.78 is 23.2. The molecule has 1 saturated heterocycles. The number of rotatable bonds is 3. The summed E-state index contributed by atoms with van der Waals surface area (Å²) in [6.45, 7) is 0.324. The molecule has 1 aliphatic heterocycles. The van der Waals surface area contributed by atoms with Crippen molar-refractivity contribution in [1.82, 2.24) is 0 Å². The van der Waals surface area contributed by atoms with Crippen molar-refractivity contribution in [3.63, 3.8) is 0 Å². The summed E-state index contributed by atoms with van der Waals surface area (Å²) >= 11 is 14.4. The SMILES string of the molecule is CO[C@H]1CO[C@@]2(C1)C(=O)[C@@]1(Cl)[C@H]3CCCC[C@H]3[C@]2(Cl)C1(OC)OC. The van der Waals surface area contributed by atoms with Gasteiger partial charge < -0.3 is 18.9 Å². The van der Waals surface area contributed by atoms with Crippen LogP contribution >= 0.6 is 23.2 Å². The van der Waals surface area contributed by atoms with E-state index >= 15 is 0 Å². The summed E-state index contributed by atoms with van der Waals surface area (Å²) in [7, 11) is 4.65. The van der Waals surface area contributed by atoms with Crippen LogP contribution in [0.3, 0.4) is 0 Å². The number of methoxy groups -OCH3 is 3. The van der Waals surface area contributed by atoms with Gasteiger partial charge in [-0.25, -0.2) is 0 Å². The van der Waals surface area contributed by atoms with Crippen molar-refractivity contribution in [3.8, 4) is 0 Å². The van der Waals surface area contributed by atoms with Crippen LogP contribution in [0.1, 0.15) is 32.1 Å². The van der Waals surface area contributed by atoms with Gasteiger partial charge in [0.1, 0.15) is 4.87 Å². The van der Waals surface area contributed by atoms with E-state index in [1.54, 1.807) is 7.11 Å². The maximum Gasteiger partial charge on any atom is 0.218 e. The minimum atomic E-state index is -1.40. The third kappa shape index (κ3) is 1.49. The van der Waals surface area contributed by atoms with E-state index in [2.05, 4.69) is 0 Å². The molecule has 3 saturated carbocycles. The minimum Gasteiger partial charge on any atom is -0.379 e. The van der Waals surface area contributed by atoms with Crippen LogP contribution < -0.4 is 0 Å². The fourth-order valence-electron chi connectivity index (χ4n) is 6.09. The van der Waals surface area contributed by atoms with Gasteiger partial charge in [0.25, 0.3) is 0 Å². The summed E-state index contributed by atoms with van der Waals surface area (Å²) in [5, 5.41) is 0. The molecular formula is C17H24Cl2O5. The van der Waals surface area contributed by atoms with E-state index < -0.39 is 21.1 Å². The van der Waals surface area contributed by atoms with Crippen molar-refractivity contribution >= 4 is 29.0 Å². The number of ketones is 1. The van der Waals surface area contributed by atoms with Crippen molar-refractivity contribution in [2.45, 2.75) is 59.3 Å². The highest BCUT2D eigenvalue weighted by molar-refractivity contribution is 6.45. The zero-order valence-electron chi connectivity index (χ0n) is 14.3. The molecule has 3 aliphatic carbocycles. The highest BCUT2D eigenvalue weighted by Crippen LogP contribution is 2.76. The summed E-state index contributed by atoms with van der Waals surface area (Å²) in [4.78, 5) is 11.1. The highest BCUT2D eigenvalue weighted by atomic mass is 35.5. The number of alkyl halides is 2. The standard InChI is InChI=1S/C17H24Cl2O5/c1-21-10-8-14(24-9-10)13(20)15(18)11-6-4-5-7-12(11)16(14,19)17(15,22-2)23-3/h10-12H,4-9H2,1-3H3/t10-,11+,12-,14+,15+,16-/m1/s1. The fourth-order valence-corrected chi connectivity index (χ4v) is 7.64. The number of ether oxygens (including phenoxy) is 4. The lowest BCUT2D eigenvalue weighted by molar-refractivity contribution is -0.236. The molecule has 0 aromatic heterocycles. The van der Waals surface area contributed by atoms with E-state index in [9.17, 15) is 4.79 Å². The first kappa shape index (κ1) is 17.5. The molecule has 24 heavy (non-hydrogen) atoms. The number of Topliss-reactive ketones (excluding diaryl/α,β-unsaturated/α-hetero) is 1. The van der Waals surface area contributed by atoms with Crippen LogP contribution in [0.2, 0.25) is 0 Å². The van der Waals surface area contributed by atoms with Crippen molar-refractivity contribution in [1.29, 1.82) is 0 Å². The quantitative estimate of drug-likeness (QED) is 0.557. The van der Waals surface area contributed by atoms with Crippen LogP contribution in [0.25, 0.3) is 0 Å². The Morgan fingerprint density at radius 3 is 2.25 bits per heavy atom. The van der Waals surface area contributed by atoms with Gasteiger partial charge in [0.05, 0.1) is 12.7 Å². The second-order valence-electron chi connectivity index (χ2n) is 7.47. The van der Waals surface area contributed by atoms with Crippen molar-refractivity contribution in [2.24, 2.45) is 11.8 Å². The predicted octanol–water partition coefficient (Wildman–Crippen LogP) is 2.51. The van der Waals surface area contributed by atoms with Gasteiger partial charge in [-0.2, -0.15) is 0 Å². The number of hydrogen-bond donors (Lipinski definition) is 0. The summed E-state index contributed by atoms with van der Waals surface area (Å²) in [6.07, 6.45) is 4.05. The van der Waals surface area contributed by atoms with Gasteiger partial charge in [-0.15, -0.1) is 23.2 Å². The third-order valence-electron chi connectivity index (χ3n) is 6.97. The number of carbonyl (C=O) groups excluding carboxylic acids is 1. The first-order valence-corrected chi connectivity index (χ1v) is 9.35. The second kappa shape index (κ2) is 5.30. The van der Waals surface area contributed by atoms with Crippen LogP contribution in [0.5, 0.6) is 0 Å². The van der Waals surface area contributed by atoms with Crippen molar-refractivity contribution in [3.05, 3.63) is 0 Å². The molecule has 0 radical (unpaired) electrons. The molecule has 0 aromatic carbocycles. The molecule has 7 heteroatoms. The monoisotopic (exact) mass is 378 g/mol. The Morgan fingerprint density at radius 1 is 1.08 bits per heavy atom. The van der Waals surface area contributed by atoms with Crippen molar-refractivity contribution < 1.29 is 23.7 Å². The molecule has 1 spiro atoms. The van der Waals surface area contributed by atoms with E-state index in [0.29, 0.717) is 13.0 Å². The second-order valence-corrected chi connectivity index (χ2v) is 8.67. The van der Waals surface area contributed by atoms with Crippen LogP contribution in [0.15, 0.2) is 0 Å². The van der Waals surface area contributed by atoms with Gasteiger partial charge in [0.15, 0.2) is 16.3 Å². The molecule has 4 rings (SSSR count). The number of halogens is 2. The Kier molecular flexibility index (Phi) is 3.87. The Balaban J connectivity index is 1.94. The molecule has 2 bridgehead atoms. The van der Waals surface area contributed by atoms with Gasteiger partial charge in [0, 0.05) is 27.8 Å². The fraction of sp³-hybridized carbons (Fsp3) is 0.941. The van der Waals surface area contributed by atoms with Crippen LogP contribution in [0, 0.1) is 11.8 Å². The lowest BCUT2D eigenvalue weighted by Crippen LogP contribution is -2.64. The highest BCUT2D eigenvalue weighted by Gasteiger charge is 2.94. The average molecular weight is 379 g/mol. The number of hydrogen-bond acceptors (Lipinski definition) is 5. The van der Waals surface area contributed by atoms with Crippen molar-refractivity contribution in [2.75, 3.05) is 27.9 Å². The van der Waals surface area contributed by atoms with E-state index in [1.807, 2.05) is 0 Å². The maximum absolute atomic E-state index is 13.6. The Labute approximate surface area is 152 Å². The normalized spacial score (nSPS) is 52.2. The molecule has 1 heterocycles. The van der Waals surface area contributed by atoms with E-state index in [0.717, 1.165) is 25.7 Å². The Hall–Kier alpha value is 0.0900. The molecule has 0 amide bonds. The molecular weight excluding hydrogens is 355 g/mol. The number of carbonyl (C=O) groups is 1. The first-order valence-electron chi connectivity index (χ1n) is 8.59. The molecule has 4 aliphatic rings. The summed E-state index contributed by atoms with van der Waals surface area (Å²) in [5.74, 6) is -1.65. The van der Waals surface area contributed by atoms with Gasteiger partial charge >= 0.3 is 0 Å². The molecule has 5 nitrogen and oxygen atoms in total. The first-order chi connectivity index (χ1) is 11.4. The average Bonchev–Trinajstić information content (AvgIpc) is 3.16. The maximum atomic E-state index is 13.6. The zero-order valence-corrected chi connectivity index (χ0v) is 15.8. The Morgan fingerprint density at radius 2 is 1.71 bits per heavy atom. The third-order valence-corrected chi connectivity index (χ3v) is 8.50. The summed E-state index contributed by atoms with van der Waals surface area (Å²) in [6, 6.07) is 0. The van der Waals surface area contributed by atoms with E-state index in [4.69, 9.17) is 42.1 Å². The zero-order chi connectivity index (χ0) is 17.4. The van der Waals surface area contributed by atoms with Gasteiger partial charge in [0.2, 0.25) is 5.79 Å². The van der Waals surface area contributed by atoms with Gasteiger partial charge in [-0.05, 0) is 24.7 Å². The van der Waals surface area contributed by atoms with E-state index in [-0.39, 0.29) is 23.7 Å². The smallest absolute Gasteiger partial charge is 0.218 e. The summed E-state index contributed by atoms with van der Waals surface area (Å²) in [5.41, 5.74) is -1.22. The molecule has 0 N–H and O–H groups in total. The van der Waals surface area contributed by atoms with Crippen LogP contribution in [0.4, 0.5) is 0 Å². The molecule has 136 valence electrons. The lowest BCUT2D eigenvalue weighted by atomic mass is 9.63. The molecule has 0 unspecified atom stereocenters. The minimum absolute atomic E-state index is 0.0126. The molecule has 0 aromatic rings.